The van der Waals surface area contributed by atoms with Crippen LogP contribution in [0.3, 0.4) is 0 Å². The lowest BCUT2D eigenvalue weighted by atomic mass is 10.1. The van der Waals surface area contributed by atoms with Crippen molar-refractivity contribution in [2.24, 2.45) is 0 Å². The molecule has 0 saturated carbocycles. The molecular weight excluding hydrogens is 219 g/mol. The van der Waals surface area contributed by atoms with E-state index in [1.54, 1.807) is 36.0 Å². The van der Waals surface area contributed by atoms with Crippen LogP contribution in [0.4, 0.5) is 4.39 Å². The number of aliphatic hydroxyl groups is 1. The Hall–Kier alpha value is -1.68. The van der Waals surface area contributed by atoms with E-state index < -0.39 is 6.10 Å². The molecule has 0 fully saturated rings. The summed E-state index contributed by atoms with van der Waals surface area (Å²) in [5, 5.41) is 9.38. The van der Waals surface area contributed by atoms with Gasteiger partial charge in [0.2, 0.25) is 0 Å². The smallest absolute Gasteiger partial charge is 0.147 e. The normalized spacial score (nSPS) is 12.7. The van der Waals surface area contributed by atoms with E-state index in [0.717, 1.165) is 12.2 Å². The van der Waals surface area contributed by atoms with Gasteiger partial charge >= 0.3 is 0 Å². The van der Waals surface area contributed by atoms with Gasteiger partial charge in [0.15, 0.2) is 0 Å². The third-order valence-corrected chi connectivity index (χ3v) is 2.75. The van der Waals surface area contributed by atoms with Crippen LogP contribution >= 0.6 is 0 Å². The van der Waals surface area contributed by atoms with E-state index in [1.807, 2.05) is 6.92 Å². The molecule has 0 aliphatic rings. The molecule has 4 heteroatoms. The molecule has 0 spiro atoms. The molecule has 2 rings (SSSR count). The van der Waals surface area contributed by atoms with Crippen LogP contribution in [0.1, 0.15) is 31.3 Å². The largest absolute Gasteiger partial charge is 0.389 e. The highest BCUT2D eigenvalue weighted by Crippen LogP contribution is 2.20. The summed E-state index contributed by atoms with van der Waals surface area (Å²) < 4.78 is 15.7. The van der Waals surface area contributed by atoms with E-state index in [-0.39, 0.29) is 5.82 Å². The lowest BCUT2D eigenvalue weighted by Crippen LogP contribution is -2.03. The van der Waals surface area contributed by atoms with Crippen LogP contribution in [0.5, 0.6) is 0 Å². The van der Waals surface area contributed by atoms with Crippen LogP contribution in [-0.2, 0) is 6.42 Å². The van der Waals surface area contributed by atoms with E-state index in [2.05, 4.69) is 4.98 Å². The average molecular weight is 234 g/mol. The minimum absolute atomic E-state index is 0.351. The molecule has 0 bridgehead atoms. The van der Waals surface area contributed by atoms with Crippen LogP contribution < -0.4 is 0 Å². The molecule has 0 aliphatic carbocycles. The summed E-state index contributed by atoms with van der Waals surface area (Å²) >= 11 is 0. The van der Waals surface area contributed by atoms with Crippen molar-refractivity contribution in [2.45, 2.75) is 26.4 Å². The van der Waals surface area contributed by atoms with E-state index in [0.29, 0.717) is 11.3 Å². The Bertz CT molecular complexity index is 520. The minimum Gasteiger partial charge on any atom is -0.389 e. The Morgan fingerprint density at radius 2 is 2.24 bits per heavy atom. The SMILES string of the molecule is CCc1nccn1-c1ccc([C@@H](C)O)cc1F. The first-order valence-corrected chi connectivity index (χ1v) is 5.63. The van der Waals surface area contributed by atoms with Crippen molar-refractivity contribution >= 4 is 0 Å². The third kappa shape index (κ3) is 2.22. The number of nitrogens with zero attached hydrogens (tertiary/aromatic N) is 2. The third-order valence-electron chi connectivity index (χ3n) is 2.75. The second-order valence-electron chi connectivity index (χ2n) is 3.95. The van der Waals surface area contributed by atoms with Crippen LogP contribution in [0.25, 0.3) is 5.69 Å². The predicted molar refractivity (Wildman–Crippen MR) is 63.5 cm³/mol. The first-order chi connectivity index (χ1) is 8.13. The lowest BCUT2D eigenvalue weighted by Gasteiger charge is -2.10. The minimum atomic E-state index is -0.660. The maximum absolute atomic E-state index is 13.9. The summed E-state index contributed by atoms with van der Waals surface area (Å²) in [4.78, 5) is 4.16. The summed E-state index contributed by atoms with van der Waals surface area (Å²) in [5.41, 5.74) is 1.04. The second-order valence-corrected chi connectivity index (χ2v) is 3.95. The molecule has 17 heavy (non-hydrogen) atoms. The number of rotatable bonds is 3. The lowest BCUT2D eigenvalue weighted by molar-refractivity contribution is 0.199. The molecule has 1 N–H and O–H groups in total. The van der Waals surface area contributed by atoms with Crippen LogP contribution in [0.15, 0.2) is 30.6 Å². The molecule has 90 valence electrons. The second kappa shape index (κ2) is 4.67. The van der Waals surface area contributed by atoms with Gasteiger partial charge in [0.25, 0.3) is 0 Å². The number of aromatic nitrogens is 2. The van der Waals surface area contributed by atoms with Gasteiger partial charge in [-0.25, -0.2) is 9.37 Å². The molecule has 1 aromatic carbocycles. The summed E-state index contributed by atoms with van der Waals surface area (Å²) in [5.74, 6) is 0.463. The quantitative estimate of drug-likeness (QED) is 0.886. The Labute approximate surface area is 99.5 Å². The van der Waals surface area contributed by atoms with E-state index in [4.69, 9.17) is 0 Å². The van der Waals surface area contributed by atoms with Gasteiger partial charge in [-0.05, 0) is 24.6 Å². The zero-order valence-electron chi connectivity index (χ0n) is 9.89. The number of aliphatic hydroxyl groups excluding tert-OH is 1. The van der Waals surface area contributed by atoms with Crippen molar-refractivity contribution in [3.05, 3.63) is 47.8 Å². The molecule has 0 radical (unpaired) electrons. The number of imidazole rings is 1. The van der Waals surface area contributed by atoms with Gasteiger partial charge in [0, 0.05) is 18.8 Å². The first-order valence-electron chi connectivity index (χ1n) is 5.63. The standard InChI is InChI=1S/C13H15FN2O/c1-3-13-15-6-7-16(13)12-5-4-10(9(2)17)8-11(12)14/h4-9,17H,3H2,1-2H3/t9-/m1/s1. The number of hydrogen-bond donors (Lipinski definition) is 1. The van der Waals surface area contributed by atoms with Gasteiger partial charge in [0.05, 0.1) is 11.8 Å². The number of hydrogen-bond acceptors (Lipinski definition) is 2. The topological polar surface area (TPSA) is 38.0 Å². The van der Waals surface area contributed by atoms with Crippen molar-refractivity contribution in [2.75, 3.05) is 0 Å². The molecule has 1 aromatic heterocycles. The fourth-order valence-electron chi connectivity index (χ4n) is 1.79. The fraction of sp³-hybridized carbons (Fsp3) is 0.308. The van der Waals surface area contributed by atoms with Gasteiger partial charge in [-0.3, -0.25) is 0 Å². The molecule has 1 atom stereocenters. The molecule has 2 aromatic rings. The zero-order chi connectivity index (χ0) is 12.4. The molecule has 0 saturated heterocycles. The van der Waals surface area contributed by atoms with Crippen molar-refractivity contribution < 1.29 is 9.50 Å². The summed E-state index contributed by atoms with van der Waals surface area (Å²) in [7, 11) is 0. The van der Waals surface area contributed by atoms with E-state index in [1.165, 1.54) is 6.07 Å². The van der Waals surface area contributed by atoms with Crippen molar-refractivity contribution in [3.8, 4) is 5.69 Å². The molecule has 0 aliphatic heterocycles. The van der Waals surface area contributed by atoms with E-state index in [9.17, 15) is 9.50 Å². The van der Waals surface area contributed by atoms with Crippen molar-refractivity contribution in [1.29, 1.82) is 0 Å². The molecule has 3 nitrogen and oxygen atoms in total. The Morgan fingerprint density at radius 3 is 2.82 bits per heavy atom. The summed E-state index contributed by atoms with van der Waals surface area (Å²) in [6.45, 7) is 3.59. The van der Waals surface area contributed by atoms with Gasteiger partial charge < -0.3 is 9.67 Å². The molecule has 0 amide bonds. The molecular formula is C13H15FN2O. The molecule has 1 heterocycles. The van der Waals surface area contributed by atoms with Gasteiger partial charge in [-0.1, -0.05) is 13.0 Å². The van der Waals surface area contributed by atoms with Crippen LogP contribution in [-0.4, -0.2) is 14.7 Å². The Balaban J connectivity index is 2.47. The van der Waals surface area contributed by atoms with Gasteiger partial charge in [0.1, 0.15) is 11.6 Å². The number of aryl methyl sites for hydroxylation is 1. The first kappa shape index (κ1) is 11.8. The van der Waals surface area contributed by atoms with E-state index >= 15 is 0 Å². The maximum atomic E-state index is 13.9. The van der Waals surface area contributed by atoms with Crippen LogP contribution in [0.2, 0.25) is 0 Å². The summed E-state index contributed by atoms with van der Waals surface area (Å²) in [6, 6.07) is 4.75. The fourth-order valence-corrected chi connectivity index (χ4v) is 1.79. The van der Waals surface area contributed by atoms with Gasteiger partial charge in [-0.15, -0.1) is 0 Å². The number of benzene rings is 1. The Kier molecular flexibility index (Phi) is 3.24. The van der Waals surface area contributed by atoms with Crippen LogP contribution in [0, 0.1) is 5.82 Å². The highest BCUT2D eigenvalue weighted by atomic mass is 19.1. The molecule has 0 unspecified atom stereocenters. The number of halogens is 1. The highest BCUT2D eigenvalue weighted by molar-refractivity contribution is 5.38. The van der Waals surface area contributed by atoms with Crippen molar-refractivity contribution in [3.63, 3.8) is 0 Å². The van der Waals surface area contributed by atoms with Gasteiger partial charge in [-0.2, -0.15) is 0 Å². The predicted octanol–water partition coefficient (Wildman–Crippen LogP) is 2.63. The van der Waals surface area contributed by atoms with Crippen molar-refractivity contribution in [1.82, 2.24) is 9.55 Å². The zero-order valence-corrected chi connectivity index (χ0v) is 9.89. The summed E-state index contributed by atoms with van der Waals surface area (Å²) in [6.07, 6.45) is 3.47. The average Bonchev–Trinajstić information content (AvgIpc) is 2.76. The Morgan fingerprint density at radius 1 is 1.47 bits per heavy atom. The monoisotopic (exact) mass is 234 g/mol. The maximum Gasteiger partial charge on any atom is 0.147 e. The highest BCUT2D eigenvalue weighted by Gasteiger charge is 2.10.